The van der Waals surface area contributed by atoms with E-state index in [2.05, 4.69) is 6.58 Å². The Labute approximate surface area is 74.0 Å². The van der Waals surface area contributed by atoms with E-state index >= 15 is 0 Å². The zero-order chi connectivity index (χ0) is 9.45. The molecule has 4 heteroatoms. The van der Waals surface area contributed by atoms with Gasteiger partial charge in [0.15, 0.2) is 0 Å². The van der Waals surface area contributed by atoms with Crippen molar-refractivity contribution in [3.8, 4) is 0 Å². The second kappa shape index (κ2) is 6.41. The van der Waals surface area contributed by atoms with Crippen LogP contribution in [0.15, 0.2) is 12.7 Å². The smallest absolute Gasteiger partial charge is 0.324 e. The van der Waals surface area contributed by atoms with Gasteiger partial charge < -0.3 is 9.42 Å². The molecule has 1 N–H and O–H groups in total. The average Bonchev–Trinajstić information content (AvgIpc) is 2.01. The van der Waals surface area contributed by atoms with Gasteiger partial charge in [0.05, 0.1) is 6.61 Å². The minimum atomic E-state index is -3.29. The molecule has 0 saturated carbocycles. The van der Waals surface area contributed by atoms with Crippen LogP contribution in [0.4, 0.5) is 0 Å². The van der Waals surface area contributed by atoms with Crippen LogP contribution < -0.4 is 0 Å². The van der Waals surface area contributed by atoms with E-state index in [0.717, 1.165) is 12.8 Å². The van der Waals surface area contributed by atoms with Crippen molar-refractivity contribution in [2.45, 2.75) is 26.2 Å². The molecule has 72 valence electrons. The quantitative estimate of drug-likeness (QED) is 0.383. The van der Waals surface area contributed by atoms with E-state index in [4.69, 9.17) is 4.52 Å². The second-order valence-electron chi connectivity index (χ2n) is 2.63. The van der Waals surface area contributed by atoms with Crippen molar-refractivity contribution in [2.75, 3.05) is 12.8 Å². The Hall–Kier alpha value is -0.110. The molecule has 12 heavy (non-hydrogen) atoms. The summed E-state index contributed by atoms with van der Waals surface area (Å²) in [5.41, 5.74) is 0. The lowest BCUT2D eigenvalue weighted by molar-refractivity contribution is 0.264. The minimum absolute atomic E-state index is 0.265. The lowest BCUT2D eigenvalue weighted by atomic mass is 10.4. The van der Waals surface area contributed by atoms with E-state index in [1.165, 1.54) is 0 Å². The van der Waals surface area contributed by atoms with Crippen molar-refractivity contribution < 1.29 is 14.0 Å². The monoisotopic (exact) mass is 192 g/mol. The van der Waals surface area contributed by atoms with Crippen molar-refractivity contribution in [2.24, 2.45) is 0 Å². The summed E-state index contributed by atoms with van der Waals surface area (Å²) in [4.78, 5) is 9.17. The standard InChI is InChI=1S/C8H17O3P/c1-3-5-7-11-12(9,10)8-6-4-2/h3H,1,4-8H2,2H3,(H,9,10). The van der Waals surface area contributed by atoms with Gasteiger partial charge in [0.25, 0.3) is 0 Å². The fraction of sp³-hybridized carbons (Fsp3) is 0.750. The summed E-state index contributed by atoms with van der Waals surface area (Å²) in [5, 5.41) is 0. The van der Waals surface area contributed by atoms with E-state index in [-0.39, 0.29) is 6.16 Å². The molecule has 0 radical (unpaired) electrons. The summed E-state index contributed by atoms with van der Waals surface area (Å²) in [6.07, 6.45) is 4.20. The fourth-order valence-corrected chi connectivity index (χ4v) is 1.94. The maximum Gasteiger partial charge on any atom is 0.328 e. The van der Waals surface area contributed by atoms with Gasteiger partial charge in [-0.1, -0.05) is 19.4 Å². The van der Waals surface area contributed by atoms with Crippen LogP contribution in [0.3, 0.4) is 0 Å². The third-order valence-corrected chi connectivity index (χ3v) is 2.88. The van der Waals surface area contributed by atoms with E-state index in [1.807, 2.05) is 6.92 Å². The molecule has 0 aromatic carbocycles. The van der Waals surface area contributed by atoms with Gasteiger partial charge in [0.1, 0.15) is 0 Å². The molecule has 0 aliphatic rings. The van der Waals surface area contributed by atoms with Crippen molar-refractivity contribution in [3.05, 3.63) is 12.7 Å². The van der Waals surface area contributed by atoms with Gasteiger partial charge in [-0.2, -0.15) is 0 Å². The first-order valence-electron chi connectivity index (χ1n) is 4.19. The van der Waals surface area contributed by atoms with E-state index in [1.54, 1.807) is 6.08 Å². The lowest BCUT2D eigenvalue weighted by Gasteiger charge is -2.10. The highest BCUT2D eigenvalue weighted by Gasteiger charge is 2.16. The maximum atomic E-state index is 11.1. The van der Waals surface area contributed by atoms with Gasteiger partial charge >= 0.3 is 7.60 Å². The summed E-state index contributed by atoms with van der Waals surface area (Å²) in [5.74, 6) is 0. The average molecular weight is 192 g/mol. The number of rotatable bonds is 7. The molecule has 0 aliphatic heterocycles. The number of hydrogen-bond acceptors (Lipinski definition) is 2. The SMILES string of the molecule is C=CCCOP(=O)(O)CCCC. The second-order valence-corrected chi connectivity index (χ2v) is 4.61. The molecule has 0 saturated heterocycles. The van der Waals surface area contributed by atoms with Crippen molar-refractivity contribution in [1.29, 1.82) is 0 Å². The normalized spacial score (nSPS) is 15.5. The molecule has 0 heterocycles. The van der Waals surface area contributed by atoms with Crippen LogP contribution in [0.5, 0.6) is 0 Å². The Morgan fingerprint density at radius 3 is 2.83 bits per heavy atom. The Kier molecular flexibility index (Phi) is 6.35. The van der Waals surface area contributed by atoms with E-state index in [0.29, 0.717) is 13.0 Å². The first kappa shape index (κ1) is 11.9. The molecule has 0 aromatic rings. The largest absolute Gasteiger partial charge is 0.328 e. The van der Waals surface area contributed by atoms with Crippen LogP contribution in [-0.2, 0) is 9.09 Å². The van der Waals surface area contributed by atoms with Crippen LogP contribution in [0.25, 0.3) is 0 Å². The molecule has 0 amide bonds. The van der Waals surface area contributed by atoms with Crippen LogP contribution in [0, 0.1) is 0 Å². The Morgan fingerprint density at radius 1 is 1.67 bits per heavy atom. The number of unbranched alkanes of at least 4 members (excludes halogenated alkanes) is 1. The molecular formula is C8H17O3P. The molecule has 3 nitrogen and oxygen atoms in total. The summed E-state index contributed by atoms with van der Waals surface area (Å²) in [6, 6.07) is 0. The maximum absolute atomic E-state index is 11.1. The summed E-state index contributed by atoms with van der Waals surface area (Å²) in [6.45, 7) is 5.76. The predicted octanol–water partition coefficient (Wildman–Crippen LogP) is 2.56. The van der Waals surface area contributed by atoms with E-state index in [9.17, 15) is 9.46 Å². The molecule has 0 spiro atoms. The van der Waals surface area contributed by atoms with Gasteiger partial charge in [-0.15, -0.1) is 6.58 Å². The van der Waals surface area contributed by atoms with Gasteiger partial charge in [0.2, 0.25) is 0 Å². The molecule has 0 rings (SSSR count). The van der Waals surface area contributed by atoms with Crippen molar-refractivity contribution >= 4 is 7.60 Å². The Balaban J connectivity index is 3.56. The fourth-order valence-electron chi connectivity index (χ4n) is 0.701. The van der Waals surface area contributed by atoms with Crippen LogP contribution in [0.2, 0.25) is 0 Å². The molecule has 1 atom stereocenters. The van der Waals surface area contributed by atoms with Crippen LogP contribution >= 0.6 is 7.60 Å². The zero-order valence-corrected chi connectivity index (χ0v) is 8.43. The van der Waals surface area contributed by atoms with Gasteiger partial charge in [-0.3, -0.25) is 4.57 Å². The van der Waals surface area contributed by atoms with Gasteiger partial charge in [0, 0.05) is 6.16 Å². The summed E-state index contributed by atoms with van der Waals surface area (Å²) >= 11 is 0. The first-order chi connectivity index (χ1) is 5.62. The third-order valence-electron chi connectivity index (χ3n) is 1.41. The van der Waals surface area contributed by atoms with Gasteiger partial charge in [-0.25, -0.2) is 0 Å². The van der Waals surface area contributed by atoms with E-state index < -0.39 is 7.60 Å². The molecule has 0 aromatic heterocycles. The van der Waals surface area contributed by atoms with Crippen molar-refractivity contribution in [1.82, 2.24) is 0 Å². The molecule has 0 aliphatic carbocycles. The molecule has 1 unspecified atom stereocenters. The third kappa shape index (κ3) is 6.59. The van der Waals surface area contributed by atoms with Gasteiger partial charge in [-0.05, 0) is 12.8 Å². The zero-order valence-electron chi connectivity index (χ0n) is 7.53. The van der Waals surface area contributed by atoms with Crippen LogP contribution in [-0.4, -0.2) is 17.7 Å². The molecular weight excluding hydrogens is 175 g/mol. The number of hydrogen-bond donors (Lipinski definition) is 1. The summed E-state index contributed by atoms with van der Waals surface area (Å²) < 4.78 is 16.0. The summed E-state index contributed by atoms with van der Waals surface area (Å²) in [7, 11) is -3.29. The van der Waals surface area contributed by atoms with Crippen molar-refractivity contribution in [3.63, 3.8) is 0 Å². The Bertz CT molecular complexity index is 168. The first-order valence-corrected chi connectivity index (χ1v) is 5.96. The minimum Gasteiger partial charge on any atom is -0.324 e. The highest BCUT2D eigenvalue weighted by atomic mass is 31.2. The predicted molar refractivity (Wildman–Crippen MR) is 50.4 cm³/mol. The highest BCUT2D eigenvalue weighted by molar-refractivity contribution is 7.52. The lowest BCUT2D eigenvalue weighted by Crippen LogP contribution is -1.95. The topological polar surface area (TPSA) is 46.5 Å². The Morgan fingerprint density at radius 2 is 2.33 bits per heavy atom. The molecule has 0 fully saturated rings. The highest BCUT2D eigenvalue weighted by Crippen LogP contribution is 2.42. The van der Waals surface area contributed by atoms with Crippen LogP contribution in [0.1, 0.15) is 26.2 Å². The molecule has 0 bridgehead atoms.